The molecule has 3 N–H and O–H groups in total. The van der Waals surface area contributed by atoms with Gasteiger partial charge in [0.2, 0.25) is 0 Å². The predicted octanol–water partition coefficient (Wildman–Crippen LogP) is 2.40. The molecule has 1 saturated heterocycles. The second-order valence-corrected chi connectivity index (χ2v) is 9.42. The monoisotopic (exact) mass is 499 g/mol. The van der Waals surface area contributed by atoms with Crippen LogP contribution < -0.4 is 10.8 Å². The van der Waals surface area contributed by atoms with Gasteiger partial charge in [-0.05, 0) is 5.46 Å². The molecule has 3 aliphatic rings. The van der Waals surface area contributed by atoms with Crippen molar-refractivity contribution < 1.29 is 38.6 Å². The Bertz CT molecular complexity index is 1470. The summed E-state index contributed by atoms with van der Waals surface area (Å²) in [7, 11) is 0.574. The molecule has 186 valence electrons. The van der Waals surface area contributed by atoms with Crippen LogP contribution in [0.2, 0.25) is 0 Å². The molecule has 1 fully saturated rings. The van der Waals surface area contributed by atoms with Crippen LogP contribution in [0.15, 0.2) is 54.6 Å². The summed E-state index contributed by atoms with van der Waals surface area (Å²) in [4.78, 5) is 38.7. The van der Waals surface area contributed by atoms with E-state index in [1.54, 1.807) is 12.1 Å². The van der Waals surface area contributed by atoms with E-state index in [1.165, 1.54) is 19.2 Å². The van der Waals surface area contributed by atoms with Gasteiger partial charge in [0.1, 0.15) is 18.1 Å². The van der Waals surface area contributed by atoms with Gasteiger partial charge in [0.25, 0.3) is 0 Å². The molecule has 10 heteroatoms. The van der Waals surface area contributed by atoms with Crippen LogP contribution in [0, 0.1) is 0 Å². The van der Waals surface area contributed by atoms with Crippen LogP contribution in [-0.4, -0.2) is 54.2 Å². The average Bonchev–Trinajstić information content (AvgIpc) is 2.92. The largest absolute Gasteiger partial charge is 0.507 e. The van der Waals surface area contributed by atoms with Gasteiger partial charge in [-0.15, -0.1) is 0 Å². The van der Waals surface area contributed by atoms with Crippen LogP contribution in [0.5, 0.6) is 11.5 Å². The minimum absolute atomic E-state index is 0.0122. The number of alkyl carbamates (subject to hydrolysis) is 1. The van der Waals surface area contributed by atoms with Crippen molar-refractivity contribution in [2.75, 3.05) is 13.7 Å². The number of phenols is 2. The first-order chi connectivity index (χ1) is 17.8. The van der Waals surface area contributed by atoms with Crippen molar-refractivity contribution >= 4 is 30.2 Å². The van der Waals surface area contributed by atoms with Crippen molar-refractivity contribution in [2.45, 2.75) is 24.5 Å². The number of hydrogen-bond donors (Lipinski definition) is 3. The van der Waals surface area contributed by atoms with Crippen molar-refractivity contribution in [3.63, 3.8) is 0 Å². The molecule has 1 amide bonds. The molecule has 2 bridgehead atoms. The van der Waals surface area contributed by atoms with Gasteiger partial charge in [0.15, 0.2) is 11.6 Å². The second-order valence-electron chi connectivity index (χ2n) is 9.42. The van der Waals surface area contributed by atoms with E-state index in [4.69, 9.17) is 14.0 Å². The molecule has 2 atom stereocenters. The third-order valence-corrected chi connectivity index (χ3v) is 7.23. The molecule has 0 spiro atoms. The Balaban J connectivity index is 1.51. The highest BCUT2D eigenvalue weighted by Crippen LogP contribution is 2.53. The van der Waals surface area contributed by atoms with E-state index in [0.717, 1.165) is 0 Å². The van der Waals surface area contributed by atoms with Gasteiger partial charge in [-0.1, -0.05) is 54.6 Å². The maximum Gasteiger partial charge on any atom is 0.494 e. The quantitative estimate of drug-likeness (QED) is 0.289. The number of aromatic hydroxyl groups is 2. The molecule has 9 nitrogen and oxygen atoms in total. The highest BCUT2D eigenvalue weighted by Gasteiger charge is 2.53. The Hall–Kier alpha value is -4.15. The van der Waals surface area contributed by atoms with Gasteiger partial charge in [0, 0.05) is 42.1 Å². The van der Waals surface area contributed by atoms with Crippen LogP contribution in [-0.2, 0) is 20.5 Å². The third kappa shape index (κ3) is 3.52. The molecule has 6 rings (SSSR count). The van der Waals surface area contributed by atoms with Crippen molar-refractivity contribution in [1.82, 2.24) is 5.32 Å². The first-order valence-corrected chi connectivity index (χ1v) is 11.9. The fourth-order valence-corrected chi connectivity index (χ4v) is 5.52. The predicted molar refractivity (Wildman–Crippen MR) is 131 cm³/mol. The molecule has 3 aromatic carbocycles. The van der Waals surface area contributed by atoms with Gasteiger partial charge in [-0.3, -0.25) is 9.59 Å². The van der Waals surface area contributed by atoms with Crippen LogP contribution in [0.1, 0.15) is 55.5 Å². The zero-order valence-electron chi connectivity index (χ0n) is 19.8. The lowest BCUT2D eigenvalue weighted by Gasteiger charge is -2.48. The average molecular weight is 499 g/mol. The summed E-state index contributed by atoms with van der Waals surface area (Å²) in [5.41, 5.74) is -0.129. The van der Waals surface area contributed by atoms with E-state index >= 15 is 0 Å². The Kier molecular flexibility index (Phi) is 5.32. The Morgan fingerprint density at radius 1 is 1.03 bits per heavy atom. The summed E-state index contributed by atoms with van der Waals surface area (Å²) >= 11 is 0. The van der Waals surface area contributed by atoms with Crippen molar-refractivity contribution in [2.24, 2.45) is 0 Å². The summed E-state index contributed by atoms with van der Waals surface area (Å²) in [6.07, 6.45) is -1.27. The molecule has 1 aliphatic heterocycles. The minimum Gasteiger partial charge on any atom is -0.507 e. The molecule has 0 saturated carbocycles. The number of nitrogens with one attached hydrogen (secondary N) is 1. The summed E-state index contributed by atoms with van der Waals surface area (Å²) in [6.45, 7) is -0.164. The molecule has 3 aromatic rings. The number of hydrogen-bond acceptors (Lipinski definition) is 8. The number of benzene rings is 3. The molecule has 37 heavy (non-hydrogen) atoms. The minimum atomic E-state index is -1.12. The van der Waals surface area contributed by atoms with Crippen LogP contribution >= 0.6 is 0 Å². The molecule has 0 aromatic heterocycles. The summed E-state index contributed by atoms with van der Waals surface area (Å²) in [5, 5.41) is 25.2. The fraction of sp³-hybridized carbons (Fsp3) is 0.222. The van der Waals surface area contributed by atoms with Crippen LogP contribution in [0.3, 0.4) is 0 Å². The van der Waals surface area contributed by atoms with Crippen molar-refractivity contribution in [3.05, 3.63) is 88.0 Å². The maximum absolute atomic E-state index is 13.4. The molecule has 0 unspecified atom stereocenters. The zero-order valence-corrected chi connectivity index (χ0v) is 19.8. The number of fused-ring (bicyclic) bond motifs is 6. The highest BCUT2D eigenvalue weighted by molar-refractivity contribution is 6.61. The molecular formula is C27H22BNO8. The van der Waals surface area contributed by atoms with E-state index < -0.39 is 48.0 Å². The van der Waals surface area contributed by atoms with Gasteiger partial charge in [0.05, 0.1) is 22.8 Å². The Labute approximate surface area is 212 Å². The van der Waals surface area contributed by atoms with E-state index in [0.29, 0.717) is 5.46 Å². The molecule has 2 aliphatic carbocycles. The van der Waals surface area contributed by atoms with Gasteiger partial charge in [-0.25, -0.2) is 4.79 Å². The number of rotatable bonds is 3. The van der Waals surface area contributed by atoms with Crippen LogP contribution in [0.25, 0.3) is 0 Å². The van der Waals surface area contributed by atoms with Gasteiger partial charge in [-0.2, -0.15) is 0 Å². The standard InChI is InChI=1S/C27H22BNO8/c1-29-26(34)35-13-27-11-17-19(18(12-27)36-28(37-27)14-7-3-2-4-8-14)25(33)21-20(24(17)32)22(30)15-9-5-6-10-16(15)23(21)31/h2-10,18,32-33H,11-13H2,1H3,(H,29,34)/t18-,27-/m0/s1. The zero-order chi connectivity index (χ0) is 25.9. The number of carbonyl (C=O) groups is 3. The number of amides is 1. The lowest BCUT2D eigenvalue weighted by atomic mass is 9.68. The second kappa shape index (κ2) is 8.46. The number of ether oxygens (including phenoxy) is 1. The van der Waals surface area contributed by atoms with E-state index in [1.807, 2.05) is 30.3 Å². The van der Waals surface area contributed by atoms with E-state index in [9.17, 15) is 24.6 Å². The van der Waals surface area contributed by atoms with E-state index in [2.05, 4.69) is 5.32 Å². The lowest BCUT2D eigenvalue weighted by molar-refractivity contribution is -0.0932. The number of phenolic OH excluding ortho intramolecular Hbond substituents is 2. The number of carbonyl (C=O) groups excluding carboxylic acids is 3. The lowest BCUT2D eigenvalue weighted by Crippen LogP contribution is -2.58. The van der Waals surface area contributed by atoms with E-state index in [-0.39, 0.29) is 52.8 Å². The van der Waals surface area contributed by atoms with Crippen LogP contribution in [0.4, 0.5) is 4.79 Å². The molecular weight excluding hydrogens is 477 g/mol. The SMILES string of the molecule is CNC(=O)OC[C@]12Cc3c(O)c4c(c(O)c3[C@H](C1)OB(c1ccccc1)O2)C(=O)c1ccccc1C4=O. The topological polar surface area (TPSA) is 131 Å². The molecule has 0 radical (unpaired) electrons. The third-order valence-electron chi connectivity index (χ3n) is 7.23. The summed E-state index contributed by atoms with van der Waals surface area (Å²) in [6, 6.07) is 15.5. The first kappa shape index (κ1) is 23.3. The number of ketones is 2. The highest BCUT2D eigenvalue weighted by atomic mass is 16.6. The Morgan fingerprint density at radius 2 is 1.65 bits per heavy atom. The van der Waals surface area contributed by atoms with Gasteiger partial charge >= 0.3 is 13.2 Å². The van der Waals surface area contributed by atoms with Crippen molar-refractivity contribution in [3.8, 4) is 11.5 Å². The maximum atomic E-state index is 13.4. The fourth-order valence-electron chi connectivity index (χ4n) is 5.52. The van der Waals surface area contributed by atoms with Gasteiger partial charge < -0.3 is 29.6 Å². The summed E-state index contributed by atoms with van der Waals surface area (Å²) in [5.74, 6) is -1.91. The summed E-state index contributed by atoms with van der Waals surface area (Å²) < 4.78 is 18.0. The first-order valence-electron chi connectivity index (χ1n) is 11.9. The normalized spacial score (nSPS) is 21.5. The van der Waals surface area contributed by atoms with Crippen molar-refractivity contribution in [1.29, 1.82) is 0 Å². The smallest absolute Gasteiger partial charge is 0.494 e. The Morgan fingerprint density at radius 3 is 2.30 bits per heavy atom. The molecule has 1 heterocycles.